The number of nitrogens with two attached hydrogens (primary N) is 1. The number of hydrogen-bond acceptors (Lipinski definition) is 4. The minimum Gasteiger partial charge on any atom is -0.493 e. The molecule has 1 fully saturated rings. The van der Waals surface area contributed by atoms with Crippen molar-refractivity contribution in [3.8, 4) is 11.5 Å². The van der Waals surface area contributed by atoms with Crippen LogP contribution in [0.4, 0.5) is 0 Å². The molecule has 1 aromatic carbocycles. The Kier molecular flexibility index (Phi) is 7.65. The first-order valence-corrected chi connectivity index (χ1v) is 7.92. The predicted octanol–water partition coefficient (Wildman–Crippen LogP) is 2.72. The molecule has 6 heteroatoms. The second-order valence-corrected chi connectivity index (χ2v) is 5.79. The van der Waals surface area contributed by atoms with Crippen molar-refractivity contribution in [3.05, 3.63) is 23.8 Å². The van der Waals surface area contributed by atoms with E-state index >= 15 is 0 Å². The van der Waals surface area contributed by atoms with Crippen molar-refractivity contribution in [3.63, 3.8) is 0 Å². The zero-order valence-electron chi connectivity index (χ0n) is 14.1. The minimum atomic E-state index is 0. The number of nitrogens with zero attached hydrogens (tertiary/aromatic N) is 1. The van der Waals surface area contributed by atoms with Gasteiger partial charge < -0.3 is 20.1 Å². The topological polar surface area (TPSA) is 64.8 Å². The van der Waals surface area contributed by atoms with Crippen molar-refractivity contribution in [2.45, 2.75) is 32.7 Å². The monoisotopic (exact) mass is 342 g/mol. The molecule has 1 atom stereocenters. The summed E-state index contributed by atoms with van der Waals surface area (Å²) >= 11 is 0. The molecular formula is C17H27ClN2O3. The summed E-state index contributed by atoms with van der Waals surface area (Å²) in [6.45, 7) is 6.05. The first-order chi connectivity index (χ1) is 10.6. The lowest BCUT2D eigenvalue weighted by molar-refractivity contribution is 0.0680. The van der Waals surface area contributed by atoms with Gasteiger partial charge in [-0.3, -0.25) is 4.79 Å². The predicted molar refractivity (Wildman–Crippen MR) is 93.7 cm³/mol. The molecule has 2 N–H and O–H groups in total. The van der Waals surface area contributed by atoms with Crippen molar-refractivity contribution in [2.24, 2.45) is 11.7 Å². The Bertz CT molecular complexity index is 515. The van der Waals surface area contributed by atoms with Crippen LogP contribution in [0.3, 0.4) is 0 Å². The summed E-state index contributed by atoms with van der Waals surface area (Å²) in [6, 6.07) is 5.55. The Hall–Kier alpha value is -1.46. The number of benzene rings is 1. The van der Waals surface area contributed by atoms with E-state index in [0.717, 1.165) is 25.9 Å². The highest BCUT2D eigenvalue weighted by Crippen LogP contribution is 2.29. The molecule has 0 saturated carbocycles. The van der Waals surface area contributed by atoms with Gasteiger partial charge in [0.15, 0.2) is 11.5 Å². The average molecular weight is 343 g/mol. The largest absolute Gasteiger partial charge is 0.493 e. The molecular weight excluding hydrogens is 316 g/mol. The summed E-state index contributed by atoms with van der Waals surface area (Å²) in [5.41, 5.74) is 6.59. The van der Waals surface area contributed by atoms with E-state index in [1.807, 2.05) is 18.7 Å². The van der Waals surface area contributed by atoms with E-state index in [9.17, 15) is 4.79 Å². The summed E-state index contributed by atoms with van der Waals surface area (Å²) in [6.07, 6.45) is 1.94. The summed E-state index contributed by atoms with van der Waals surface area (Å²) in [7, 11) is 1.58. The van der Waals surface area contributed by atoms with Crippen LogP contribution in [-0.4, -0.2) is 43.7 Å². The number of piperidine rings is 1. The summed E-state index contributed by atoms with van der Waals surface area (Å²) in [5, 5.41) is 0. The zero-order chi connectivity index (χ0) is 16.1. The van der Waals surface area contributed by atoms with Gasteiger partial charge in [-0.05, 0) is 50.8 Å². The van der Waals surface area contributed by atoms with Gasteiger partial charge in [0.05, 0.1) is 13.7 Å². The number of halogens is 1. The smallest absolute Gasteiger partial charge is 0.253 e. The molecule has 1 heterocycles. The highest BCUT2D eigenvalue weighted by atomic mass is 35.5. The summed E-state index contributed by atoms with van der Waals surface area (Å²) in [4.78, 5) is 14.5. The van der Waals surface area contributed by atoms with E-state index in [-0.39, 0.29) is 24.4 Å². The molecule has 1 aromatic rings. The lowest BCUT2D eigenvalue weighted by atomic mass is 9.90. The number of carbonyl (C=O) groups excluding carboxylic acids is 1. The van der Waals surface area contributed by atoms with Gasteiger partial charge in [0.25, 0.3) is 5.91 Å². The van der Waals surface area contributed by atoms with Crippen molar-refractivity contribution >= 4 is 18.3 Å². The van der Waals surface area contributed by atoms with Gasteiger partial charge >= 0.3 is 0 Å². The first kappa shape index (κ1) is 19.6. The van der Waals surface area contributed by atoms with Gasteiger partial charge in [0, 0.05) is 24.7 Å². The standard InChI is InChI=1S/C17H26N2O3.ClH/c1-4-22-15-6-5-14(11-16(15)21-3)17(20)19-9-7-13(8-10-19)12(2)18;/h5-6,11-13H,4,7-10,18H2,1-3H3;1H. The highest BCUT2D eigenvalue weighted by molar-refractivity contribution is 5.95. The Morgan fingerprint density at radius 1 is 1.35 bits per heavy atom. The first-order valence-electron chi connectivity index (χ1n) is 7.92. The fraction of sp³-hybridized carbons (Fsp3) is 0.588. The van der Waals surface area contributed by atoms with E-state index in [1.165, 1.54) is 0 Å². The number of likely N-dealkylation sites (tertiary alicyclic amines) is 1. The molecule has 0 aliphatic carbocycles. The minimum absolute atomic E-state index is 0. The molecule has 1 aliphatic heterocycles. The maximum Gasteiger partial charge on any atom is 0.253 e. The maximum atomic E-state index is 12.6. The zero-order valence-corrected chi connectivity index (χ0v) is 14.9. The molecule has 0 bridgehead atoms. The van der Waals surface area contributed by atoms with Crippen LogP contribution in [0.5, 0.6) is 11.5 Å². The van der Waals surface area contributed by atoms with Gasteiger partial charge in [-0.2, -0.15) is 0 Å². The van der Waals surface area contributed by atoms with Crippen LogP contribution in [0.2, 0.25) is 0 Å². The summed E-state index contributed by atoms with van der Waals surface area (Å²) in [5.74, 6) is 1.82. The second-order valence-electron chi connectivity index (χ2n) is 5.79. The van der Waals surface area contributed by atoms with Crippen molar-refractivity contribution < 1.29 is 14.3 Å². The van der Waals surface area contributed by atoms with Crippen molar-refractivity contribution in [1.29, 1.82) is 0 Å². The van der Waals surface area contributed by atoms with E-state index < -0.39 is 0 Å². The maximum absolute atomic E-state index is 12.6. The van der Waals surface area contributed by atoms with Gasteiger partial charge in [-0.15, -0.1) is 12.4 Å². The molecule has 1 aliphatic rings. The number of amides is 1. The molecule has 23 heavy (non-hydrogen) atoms. The molecule has 1 unspecified atom stereocenters. The molecule has 1 saturated heterocycles. The van der Waals surface area contributed by atoms with Gasteiger partial charge in [0.2, 0.25) is 0 Å². The lowest BCUT2D eigenvalue weighted by Gasteiger charge is -2.33. The van der Waals surface area contributed by atoms with E-state index in [0.29, 0.717) is 29.6 Å². The third-order valence-corrected chi connectivity index (χ3v) is 4.28. The van der Waals surface area contributed by atoms with Crippen LogP contribution in [-0.2, 0) is 0 Å². The fourth-order valence-corrected chi connectivity index (χ4v) is 2.89. The average Bonchev–Trinajstić information content (AvgIpc) is 2.55. The number of rotatable bonds is 5. The van der Waals surface area contributed by atoms with Crippen molar-refractivity contribution in [2.75, 3.05) is 26.8 Å². The third-order valence-electron chi connectivity index (χ3n) is 4.28. The second kappa shape index (κ2) is 8.99. The fourth-order valence-electron chi connectivity index (χ4n) is 2.89. The molecule has 2 rings (SSSR count). The Labute approximate surface area is 144 Å². The molecule has 1 amide bonds. The normalized spacial score (nSPS) is 16.4. The third kappa shape index (κ3) is 4.75. The van der Waals surface area contributed by atoms with E-state index in [2.05, 4.69) is 0 Å². The van der Waals surface area contributed by atoms with E-state index in [4.69, 9.17) is 15.2 Å². The van der Waals surface area contributed by atoms with Crippen LogP contribution in [0.25, 0.3) is 0 Å². The van der Waals surface area contributed by atoms with Gasteiger partial charge in [0.1, 0.15) is 0 Å². The van der Waals surface area contributed by atoms with Crippen LogP contribution >= 0.6 is 12.4 Å². The molecule has 0 aromatic heterocycles. The number of carbonyl (C=O) groups is 1. The molecule has 0 radical (unpaired) electrons. The van der Waals surface area contributed by atoms with E-state index in [1.54, 1.807) is 25.3 Å². The number of methoxy groups -OCH3 is 1. The quantitative estimate of drug-likeness (QED) is 0.893. The Morgan fingerprint density at radius 3 is 2.52 bits per heavy atom. The Balaban J connectivity index is 0.00000264. The van der Waals surface area contributed by atoms with Crippen LogP contribution < -0.4 is 15.2 Å². The number of ether oxygens (including phenoxy) is 2. The molecule has 5 nitrogen and oxygen atoms in total. The van der Waals surface area contributed by atoms with Crippen molar-refractivity contribution in [1.82, 2.24) is 4.90 Å². The summed E-state index contributed by atoms with van der Waals surface area (Å²) < 4.78 is 10.8. The SMILES string of the molecule is CCOc1ccc(C(=O)N2CCC(C(C)N)CC2)cc1OC.Cl. The van der Waals surface area contributed by atoms with Gasteiger partial charge in [-0.25, -0.2) is 0 Å². The van der Waals surface area contributed by atoms with Crippen LogP contribution in [0.15, 0.2) is 18.2 Å². The lowest BCUT2D eigenvalue weighted by Crippen LogP contribution is -2.42. The Morgan fingerprint density at radius 2 is 2.00 bits per heavy atom. The van der Waals surface area contributed by atoms with Crippen LogP contribution in [0.1, 0.15) is 37.0 Å². The number of hydrogen-bond donors (Lipinski definition) is 1. The van der Waals surface area contributed by atoms with Gasteiger partial charge in [-0.1, -0.05) is 0 Å². The highest BCUT2D eigenvalue weighted by Gasteiger charge is 2.25. The van der Waals surface area contributed by atoms with Crippen LogP contribution in [0, 0.1) is 5.92 Å². The molecule has 0 spiro atoms. The molecule has 130 valence electrons.